The zero-order valence-electron chi connectivity index (χ0n) is 8.17. The van der Waals surface area contributed by atoms with Gasteiger partial charge in [-0.1, -0.05) is 5.16 Å². The van der Waals surface area contributed by atoms with Gasteiger partial charge in [-0.25, -0.2) is 8.78 Å². The highest BCUT2D eigenvalue weighted by atomic mass is 19.3. The molecule has 0 radical (unpaired) electrons. The first-order valence-corrected chi connectivity index (χ1v) is 4.37. The number of carboxylic acid groups (broad SMARTS) is 1. The first-order chi connectivity index (χ1) is 6.83. The Morgan fingerprint density at radius 2 is 2.07 bits per heavy atom. The maximum Gasteiger partial charge on any atom is 0.320 e. The summed E-state index contributed by atoms with van der Waals surface area (Å²) in [5.41, 5.74) is -1.90. The van der Waals surface area contributed by atoms with Gasteiger partial charge < -0.3 is 9.63 Å². The summed E-state index contributed by atoms with van der Waals surface area (Å²) in [5.74, 6) is -4.59. The number of aliphatic carboxylic acids is 1. The van der Waals surface area contributed by atoms with E-state index in [2.05, 4.69) is 5.16 Å². The summed E-state index contributed by atoms with van der Waals surface area (Å²) < 4.78 is 31.1. The zero-order chi connectivity index (χ0) is 11.4. The van der Waals surface area contributed by atoms with Gasteiger partial charge in [0.15, 0.2) is 5.41 Å². The molecule has 1 fully saturated rings. The second kappa shape index (κ2) is 2.56. The molecule has 1 aliphatic carbocycles. The fourth-order valence-corrected chi connectivity index (χ4v) is 1.99. The largest absolute Gasteiger partial charge is 0.480 e. The highest BCUT2D eigenvalue weighted by Gasteiger charge is 2.78. The van der Waals surface area contributed by atoms with Crippen molar-refractivity contribution in [2.45, 2.75) is 31.6 Å². The van der Waals surface area contributed by atoms with Crippen LogP contribution in [0.3, 0.4) is 0 Å². The predicted octanol–water partition coefficient (Wildman–Crippen LogP) is 1.65. The second-order valence-electron chi connectivity index (χ2n) is 3.79. The lowest BCUT2D eigenvalue weighted by Gasteiger charge is -2.10. The molecule has 1 atom stereocenters. The first-order valence-electron chi connectivity index (χ1n) is 4.37. The van der Waals surface area contributed by atoms with Crippen molar-refractivity contribution in [1.82, 2.24) is 5.16 Å². The van der Waals surface area contributed by atoms with E-state index in [-0.39, 0.29) is 17.0 Å². The van der Waals surface area contributed by atoms with E-state index in [1.54, 1.807) is 0 Å². The molecule has 1 aromatic rings. The van der Waals surface area contributed by atoms with Gasteiger partial charge in [-0.3, -0.25) is 4.79 Å². The lowest BCUT2D eigenvalue weighted by molar-refractivity contribution is -0.143. The molecule has 0 aromatic carbocycles. The molecule has 1 N–H and O–H groups in total. The Labute approximate surface area is 83.9 Å². The van der Waals surface area contributed by atoms with Crippen molar-refractivity contribution >= 4 is 5.97 Å². The first kappa shape index (κ1) is 10.1. The van der Waals surface area contributed by atoms with Crippen LogP contribution in [0.2, 0.25) is 0 Å². The van der Waals surface area contributed by atoms with Crippen LogP contribution >= 0.6 is 0 Å². The number of carbonyl (C=O) groups is 1. The van der Waals surface area contributed by atoms with Crippen LogP contribution in [0.25, 0.3) is 0 Å². The van der Waals surface area contributed by atoms with Gasteiger partial charge in [-0.05, 0) is 13.8 Å². The van der Waals surface area contributed by atoms with Crippen molar-refractivity contribution in [3.8, 4) is 0 Å². The van der Waals surface area contributed by atoms with Crippen LogP contribution in [-0.4, -0.2) is 22.2 Å². The molecule has 0 amide bonds. The minimum absolute atomic E-state index is 0.0139. The molecule has 0 bridgehead atoms. The third-order valence-electron chi connectivity index (χ3n) is 2.81. The number of nitrogens with zero attached hydrogens (tertiary/aromatic N) is 1. The van der Waals surface area contributed by atoms with Gasteiger partial charge in [0.2, 0.25) is 0 Å². The number of hydrogen-bond donors (Lipinski definition) is 1. The average molecular weight is 217 g/mol. The van der Waals surface area contributed by atoms with Crippen LogP contribution in [0.5, 0.6) is 0 Å². The number of alkyl halides is 2. The van der Waals surface area contributed by atoms with E-state index in [1.807, 2.05) is 0 Å². The highest BCUT2D eigenvalue weighted by molar-refractivity contribution is 5.88. The molecular weight excluding hydrogens is 208 g/mol. The summed E-state index contributed by atoms with van der Waals surface area (Å²) in [6.07, 6.45) is -0.682. The van der Waals surface area contributed by atoms with Gasteiger partial charge in [0.1, 0.15) is 5.76 Å². The lowest BCUT2D eigenvalue weighted by atomic mass is 9.94. The number of hydrogen-bond acceptors (Lipinski definition) is 3. The summed E-state index contributed by atoms with van der Waals surface area (Å²) >= 11 is 0. The lowest BCUT2D eigenvalue weighted by Crippen LogP contribution is -2.28. The Hall–Kier alpha value is -1.46. The molecule has 82 valence electrons. The van der Waals surface area contributed by atoms with Crippen molar-refractivity contribution in [2.24, 2.45) is 0 Å². The third-order valence-corrected chi connectivity index (χ3v) is 2.81. The van der Waals surface area contributed by atoms with Crippen LogP contribution < -0.4 is 0 Å². The van der Waals surface area contributed by atoms with E-state index >= 15 is 0 Å². The Bertz CT molecular complexity index is 421. The van der Waals surface area contributed by atoms with Crippen molar-refractivity contribution in [2.75, 3.05) is 0 Å². The summed E-state index contributed by atoms with van der Waals surface area (Å²) in [6, 6.07) is 0. The molecule has 1 aliphatic rings. The summed E-state index contributed by atoms with van der Waals surface area (Å²) in [6.45, 7) is 2.90. The van der Waals surface area contributed by atoms with Crippen molar-refractivity contribution in [3.05, 3.63) is 17.0 Å². The van der Waals surface area contributed by atoms with E-state index < -0.39 is 23.7 Å². The summed E-state index contributed by atoms with van der Waals surface area (Å²) in [5, 5.41) is 12.4. The maximum atomic E-state index is 13.2. The Morgan fingerprint density at radius 1 is 1.53 bits per heavy atom. The Morgan fingerprint density at radius 3 is 2.33 bits per heavy atom. The fourth-order valence-electron chi connectivity index (χ4n) is 1.99. The molecule has 4 nitrogen and oxygen atoms in total. The molecule has 2 rings (SSSR count). The Balaban J connectivity index is 2.59. The quantitative estimate of drug-likeness (QED) is 0.818. The van der Waals surface area contributed by atoms with Crippen molar-refractivity contribution < 1.29 is 23.2 Å². The van der Waals surface area contributed by atoms with Crippen molar-refractivity contribution in [1.29, 1.82) is 0 Å². The highest BCUT2D eigenvalue weighted by Crippen LogP contribution is 2.62. The number of halogens is 2. The van der Waals surface area contributed by atoms with Gasteiger partial charge in [-0.2, -0.15) is 0 Å². The fraction of sp³-hybridized carbons (Fsp3) is 0.556. The molecule has 0 spiro atoms. The molecule has 0 saturated heterocycles. The topological polar surface area (TPSA) is 63.3 Å². The SMILES string of the molecule is Cc1noc(C)c1C1(C(=O)O)CC1(F)F. The standard InChI is InChI=1S/C9H9F2NO3/c1-4-6(5(2)15-12-4)8(7(13)14)3-9(8,10)11/h3H2,1-2H3,(H,13,14). The Kier molecular flexibility index (Phi) is 1.72. The number of aromatic nitrogens is 1. The minimum atomic E-state index is -3.21. The maximum absolute atomic E-state index is 13.2. The van der Waals surface area contributed by atoms with Crippen LogP contribution in [0, 0.1) is 13.8 Å². The van der Waals surface area contributed by atoms with Crippen LogP contribution in [0.4, 0.5) is 8.78 Å². The van der Waals surface area contributed by atoms with Gasteiger partial charge in [0.25, 0.3) is 5.92 Å². The summed E-state index contributed by atoms with van der Waals surface area (Å²) in [7, 11) is 0. The normalized spacial score (nSPS) is 27.7. The predicted molar refractivity (Wildman–Crippen MR) is 44.9 cm³/mol. The van der Waals surface area contributed by atoms with E-state index in [9.17, 15) is 13.6 Å². The molecule has 6 heteroatoms. The number of carboxylic acids is 1. The van der Waals surface area contributed by atoms with Crippen molar-refractivity contribution in [3.63, 3.8) is 0 Å². The monoisotopic (exact) mass is 217 g/mol. The van der Waals surface area contributed by atoms with Gasteiger partial charge in [0, 0.05) is 12.0 Å². The molecule has 15 heavy (non-hydrogen) atoms. The molecular formula is C9H9F2NO3. The van der Waals surface area contributed by atoms with Crippen LogP contribution in [0.1, 0.15) is 23.4 Å². The van der Waals surface area contributed by atoms with E-state index in [4.69, 9.17) is 9.63 Å². The average Bonchev–Trinajstić information content (AvgIpc) is 2.51. The molecule has 0 aliphatic heterocycles. The minimum Gasteiger partial charge on any atom is -0.480 e. The van der Waals surface area contributed by atoms with Crippen LogP contribution in [-0.2, 0) is 10.2 Å². The second-order valence-corrected chi connectivity index (χ2v) is 3.79. The number of rotatable bonds is 2. The van der Waals surface area contributed by atoms with Gasteiger partial charge >= 0.3 is 5.97 Å². The molecule has 1 heterocycles. The van der Waals surface area contributed by atoms with Gasteiger partial charge in [0.05, 0.1) is 5.69 Å². The molecule has 1 aromatic heterocycles. The zero-order valence-corrected chi connectivity index (χ0v) is 8.17. The van der Waals surface area contributed by atoms with E-state index in [1.165, 1.54) is 13.8 Å². The van der Waals surface area contributed by atoms with Crippen LogP contribution in [0.15, 0.2) is 4.52 Å². The van der Waals surface area contributed by atoms with E-state index in [0.29, 0.717) is 0 Å². The summed E-state index contributed by atoms with van der Waals surface area (Å²) in [4.78, 5) is 11.0. The third kappa shape index (κ3) is 1.04. The number of aryl methyl sites for hydroxylation is 2. The smallest absolute Gasteiger partial charge is 0.320 e. The van der Waals surface area contributed by atoms with E-state index in [0.717, 1.165) is 0 Å². The molecule has 1 saturated carbocycles. The van der Waals surface area contributed by atoms with Gasteiger partial charge in [-0.15, -0.1) is 0 Å². The molecule has 1 unspecified atom stereocenters.